The molecule has 0 aromatic carbocycles. The van der Waals surface area contributed by atoms with Gasteiger partial charge in [0.1, 0.15) is 11.0 Å². The maximum Gasteiger partial charge on any atom is 0.255 e. The number of nitrogens with zero attached hydrogens (tertiary/aromatic N) is 2. The monoisotopic (exact) mass is 344 g/mol. The van der Waals surface area contributed by atoms with Gasteiger partial charge in [-0.15, -0.1) is 11.3 Å². The van der Waals surface area contributed by atoms with Gasteiger partial charge >= 0.3 is 0 Å². The molecule has 94 valence electrons. The van der Waals surface area contributed by atoms with Gasteiger partial charge in [0, 0.05) is 26.7 Å². The Hall–Kier alpha value is -0.650. The zero-order valence-corrected chi connectivity index (χ0v) is 12.6. The number of halogens is 2. The van der Waals surface area contributed by atoms with Crippen LogP contribution in [0.3, 0.4) is 0 Å². The van der Waals surface area contributed by atoms with Gasteiger partial charge in [-0.1, -0.05) is 11.6 Å². The molecule has 1 saturated carbocycles. The van der Waals surface area contributed by atoms with Gasteiger partial charge in [-0.3, -0.25) is 9.36 Å². The molecule has 0 amide bonds. The molecule has 0 aliphatic heterocycles. The van der Waals surface area contributed by atoms with Crippen LogP contribution >= 0.6 is 38.9 Å². The van der Waals surface area contributed by atoms with E-state index in [0.29, 0.717) is 17.6 Å². The minimum absolute atomic E-state index is 0.0681. The van der Waals surface area contributed by atoms with Crippen molar-refractivity contribution >= 4 is 38.9 Å². The van der Waals surface area contributed by atoms with Crippen molar-refractivity contribution in [2.24, 2.45) is 0 Å². The molecule has 18 heavy (non-hydrogen) atoms. The van der Waals surface area contributed by atoms with E-state index in [1.807, 2.05) is 11.4 Å². The molecular formula is C12H10BrClN2OS. The van der Waals surface area contributed by atoms with Crippen LogP contribution in [-0.4, -0.2) is 9.55 Å². The summed E-state index contributed by atoms with van der Waals surface area (Å²) in [6.07, 6.45) is 2.20. The van der Waals surface area contributed by atoms with Crippen LogP contribution in [0.4, 0.5) is 0 Å². The number of rotatable bonds is 3. The summed E-state index contributed by atoms with van der Waals surface area (Å²) in [4.78, 5) is 17.5. The second kappa shape index (κ2) is 4.79. The molecule has 1 fully saturated rings. The maximum absolute atomic E-state index is 12.0. The molecule has 0 bridgehead atoms. The molecule has 1 aliphatic rings. The zero-order valence-electron chi connectivity index (χ0n) is 9.40. The molecule has 0 saturated heterocycles. The molecule has 0 unspecified atom stereocenters. The normalized spacial score (nSPS) is 15.0. The molecule has 0 spiro atoms. The quantitative estimate of drug-likeness (QED) is 0.796. The Morgan fingerprint density at radius 1 is 1.50 bits per heavy atom. The lowest BCUT2D eigenvalue weighted by molar-refractivity contribution is 0.675. The summed E-state index contributed by atoms with van der Waals surface area (Å²) in [5, 5.41) is 2.31. The summed E-state index contributed by atoms with van der Waals surface area (Å²) in [6, 6.07) is 3.42. The summed E-state index contributed by atoms with van der Waals surface area (Å²) in [7, 11) is 0. The highest BCUT2D eigenvalue weighted by atomic mass is 79.9. The van der Waals surface area contributed by atoms with Crippen LogP contribution in [0.5, 0.6) is 0 Å². The fourth-order valence-corrected chi connectivity index (χ4v) is 3.52. The van der Waals surface area contributed by atoms with E-state index in [1.54, 1.807) is 15.9 Å². The lowest BCUT2D eigenvalue weighted by Gasteiger charge is -2.10. The number of hydrogen-bond donors (Lipinski definition) is 0. The molecule has 2 heterocycles. The molecule has 3 nitrogen and oxygen atoms in total. The van der Waals surface area contributed by atoms with Gasteiger partial charge in [0.2, 0.25) is 0 Å². The highest BCUT2D eigenvalue weighted by Crippen LogP contribution is 2.39. The Bertz CT molecular complexity index is 648. The van der Waals surface area contributed by atoms with Gasteiger partial charge in [-0.05, 0) is 34.8 Å². The van der Waals surface area contributed by atoms with Crippen molar-refractivity contribution in [3.05, 3.63) is 48.2 Å². The van der Waals surface area contributed by atoms with Crippen molar-refractivity contribution in [3.8, 4) is 0 Å². The van der Waals surface area contributed by atoms with Crippen molar-refractivity contribution in [2.45, 2.75) is 25.3 Å². The van der Waals surface area contributed by atoms with Crippen LogP contribution in [0.25, 0.3) is 0 Å². The summed E-state index contributed by atoms with van der Waals surface area (Å²) in [5.41, 5.74) is -0.0681. The lowest BCUT2D eigenvalue weighted by Crippen LogP contribution is -2.24. The Labute approximate surface area is 122 Å². The van der Waals surface area contributed by atoms with Crippen LogP contribution in [-0.2, 0) is 6.54 Å². The third kappa shape index (κ3) is 2.53. The fourth-order valence-electron chi connectivity index (χ4n) is 1.90. The summed E-state index contributed by atoms with van der Waals surface area (Å²) < 4.78 is 2.78. The van der Waals surface area contributed by atoms with E-state index in [0.717, 1.165) is 28.0 Å². The topological polar surface area (TPSA) is 34.9 Å². The molecule has 0 radical (unpaired) electrons. The van der Waals surface area contributed by atoms with Gasteiger partial charge < -0.3 is 0 Å². The highest BCUT2D eigenvalue weighted by Gasteiger charge is 2.29. The van der Waals surface area contributed by atoms with E-state index in [4.69, 9.17) is 11.6 Å². The predicted molar refractivity (Wildman–Crippen MR) is 76.6 cm³/mol. The number of aromatic nitrogens is 2. The smallest absolute Gasteiger partial charge is 0.255 e. The molecule has 2 aromatic rings. The average molecular weight is 346 g/mol. The Morgan fingerprint density at radius 3 is 2.89 bits per heavy atom. The molecule has 6 heteroatoms. The molecule has 2 aromatic heterocycles. The van der Waals surface area contributed by atoms with Crippen molar-refractivity contribution < 1.29 is 0 Å². The minimum Gasteiger partial charge on any atom is -0.291 e. The lowest BCUT2D eigenvalue weighted by atomic mass is 10.3. The van der Waals surface area contributed by atoms with Crippen LogP contribution in [0.1, 0.15) is 29.5 Å². The SMILES string of the molecule is O=c1cc(Cl)nc(C2CC2)n1Cc1cc(Br)cs1. The van der Waals surface area contributed by atoms with E-state index in [-0.39, 0.29) is 5.56 Å². The Morgan fingerprint density at radius 2 is 2.28 bits per heavy atom. The predicted octanol–water partition coefficient (Wildman–Crippen LogP) is 3.65. The Balaban J connectivity index is 2.02. The first kappa shape index (κ1) is 12.4. The standard InChI is InChI=1S/C12H10BrClN2OS/c13-8-3-9(18-6-8)5-16-11(17)4-10(14)15-12(16)7-1-2-7/h3-4,6-7H,1-2,5H2. The van der Waals surface area contributed by atoms with E-state index in [1.165, 1.54) is 6.07 Å². The van der Waals surface area contributed by atoms with Gasteiger partial charge in [0.15, 0.2) is 0 Å². The third-order valence-electron chi connectivity index (χ3n) is 2.88. The summed E-state index contributed by atoms with van der Waals surface area (Å²) in [5.74, 6) is 1.23. The van der Waals surface area contributed by atoms with Crippen molar-refractivity contribution in [1.82, 2.24) is 9.55 Å². The van der Waals surface area contributed by atoms with Gasteiger partial charge in [-0.2, -0.15) is 0 Å². The van der Waals surface area contributed by atoms with Crippen LogP contribution in [0.2, 0.25) is 5.15 Å². The van der Waals surface area contributed by atoms with Gasteiger partial charge in [0.05, 0.1) is 6.54 Å². The molecule has 0 N–H and O–H groups in total. The maximum atomic E-state index is 12.0. The zero-order chi connectivity index (χ0) is 12.7. The van der Waals surface area contributed by atoms with Gasteiger partial charge in [-0.25, -0.2) is 4.98 Å². The molecule has 0 atom stereocenters. The summed E-state index contributed by atoms with van der Waals surface area (Å²) >= 11 is 10.9. The number of hydrogen-bond acceptors (Lipinski definition) is 3. The van der Waals surface area contributed by atoms with E-state index in [2.05, 4.69) is 20.9 Å². The van der Waals surface area contributed by atoms with Gasteiger partial charge in [0.25, 0.3) is 5.56 Å². The fraction of sp³-hybridized carbons (Fsp3) is 0.333. The van der Waals surface area contributed by atoms with E-state index < -0.39 is 0 Å². The van der Waals surface area contributed by atoms with E-state index in [9.17, 15) is 4.79 Å². The van der Waals surface area contributed by atoms with Crippen molar-refractivity contribution in [3.63, 3.8) is 0 Å². The van der Waals surface area contributed by atoms with Crippen LogP contribution in [0, 0.1) is 0 Å². The van der Waals surface area contributed by atoms with E-state index >= 15 is 0 Å². The first-order chi connectivity index (χ1) is 8.63. The largest absolute Gasteiger partial charge is 0.291 e. The minimum atomic E-state index is -0.0681. The van der Waals surface area contributed by atoms with Crippen LogP contribution < -0.4 is 5.56 Å². The van der Waals surface area contributed by atoms with Crippen LogP contribution in [0.15, 0.2) is 26.8 Å². The van der Waals surface area contributed by atoms with Crippen molar-refractivity contribution in [2.75, 3.05) is 0 Å². The third-order valence-corrected chi connectivity index (χ3v) is 4.76. The first-order valence-corrected chi connectivity index (χ1v) is 7.69. The van der Waals surface area contributed by atoms with Crippen molar-refractivity contribution in [1.29, 1.82) is 0 Å². The summed E-state index contributed by atoms with van der Waals surface area (Å²) in [6.45, 7) is 0.575. The molecular weight excluding hydrogens is 336 g/mol. The molecule has 3 rings (SSSR count). The molecule has 1 aliphatic carbocycles. The first-order valence-electron chi connectivity index (χ1n) is 5.63. The average Bonchev–Trinajstić information content (AvgIpc) is 3.06. The number of thiophene rings is 1. The second-order valence-electron chi connectivity index (χ2n) is 4.37. The Kier molecular flexibility index (Phi) is 3.30. The second-order valence-corrected chi connectivity index (χ2v) is 6.67. The highest BCUT2D eigenvalue weighted by molar-refractivity contribution is 9.10.